The average molecular weight is 206 g/mol. The third kappa shape index (κ3) is 3.29. The molecule has 0 amide bonds. The molecule has 0 saturated carbocycles. The number of aromatic nitrogens is 2. The highest BCUT2D eigenvalue weighted by Gasteiger charge is 2.22. The van der Waals surface area contributed by atoms with Crippen LogP contribution >= 0.6 is 0 Å². The summed E-state index contributed by atoms with van der Waals surface area (Å²) in [6.45, 7) is 8.80. The highest BCUT2D eigenvalue weighted by Crippen LogP contribution is 2.25. The summed E-state index contributed by atoms with van der Waals surface area (Å²) in [5, 5.41) is 0. The third-order valence-corrected chi connectivity index (χ3v) is 2.87. The lowest BCUT2D eigenvalue weighted by Gasteiger charge is -2.22. The predicted molar refractivity (Wildman–Crippen MR) is 64.0 cm³/mol. The zero-order valence-electron chi connectivity index (χ0n) is 10.4. The van der Waals surface area contributed by atoms with E-state index in [1.807, 2.05) is 12.4 Å². The van der Waals surface area contributed by atoms with Gasteiger partial charge in [0.2, 0.25) is 0 Å². The number of unbranched alkanes of at least 4 members (excludes halogenated alkanes) is 1. The first kappa shape index (κ1) is 12.2. The van der Waals surface area contributed by atoms with Crippen molar-refractivity contribution in [2.24, 2.45) is 0 Å². The molecule has 0 bridgehead atoms. The fourth-order valence-electron chi connectivity index (χ4n) is 1.62. The normalized spacial score (nSPS) is 11.7. The van der Waals surface area contributed by atoms with E-state index in [9.17, 15) is 0 Å². The van der Waals surface area contributed by atoms with Gasteiger partial charge in [0.05, 0.1) is 0 Å². The minimum Gasteiger partial charge on any atom is -0.241 e. The highest BCUT2D eigenvalue weighted by molar-refractivity contribution is 5.10. The fraction of sp³-hybridized carbons (Fsp3) is 0.692. The molecule has 2 heteroatoms. The van der Waals surface area contributed by atoms with Crippen LogP contribution in [-0.2, 0) is 11.8 Å². The third-order valence-electron chi connectivity index (χ3n) is 2.87. The molecule has 0 aromatic carbocycles. The molecule has 2 nitrogen and oxygen atoms in total. The van der Waals surface area contributed by atoms with Gasteiger partial charge in [-0.1, -0.05) is 40.5 Å². The maximum atomic E-state index is 4.46. The zero-order valence-corrected chi connectivity index (χ0v) is 10.4. The van der Waals surface area contributed by atoms with Crippen LogP contribution in [0.2, 0.25) is 0 Å². The van der Waals surface area contributed by atoms with Gasteiger partial charge in [0.15, 0.2) is 0 Å². The summed E-state index contributed by atoms with van der Waals surface area (Å²) in [5.41, 5.74) is 1.33. The van der Waals surface area contributed by atoms with Gasteiger partial charge in [0.1, 0.15) is 5.82 Å². The van der Waals surface area contributed by atoms with Crippen LogP contribution in [0.1, 0.15) is 58.3 Å². The van der Waals surface area contributed by atoms with Crippen LogP contribution in [0, 0.1) is 0 Å². The van der Waals surface area contributed by atoms with Gasteiger partial charge in [-0.2, -0.15) is 0 Å². The Hall–Kier alpha value is -0.920. The smallest absolute Gasteiger partial charge is 0.133 e. The monoisotopic (exact) mass is 206 g/mol. The Morgan fingerprint density at radius 1 is 1.13 bits per heavy atom. The topological polar surface area (TPSA) is 25.8 Å². The van der Waals surface area contributed by atoms with E-state index in [1.54, 1.807) is 0 Å². The van der Waals surface area contributed by atoms with Crippen LogP contribution in [0.5, 0.6) is 0 Å². The van der Waals surface area contributed by atoms with E-state index in [0.29, 0.717) is 0 Å². The lowest BCUT2D eigenvalue weighted by molar-refractivity contribution is 0.431. The molecule has 1 aromatic rings. The molecule has 0 atom stereocenters. The number of hydrogen-bond donors (Lipinski definition) is 0. The standard InChI is InChI=1S/C13H22N2/c1-5-7-8-13(3,4)12-14-9-11(6-2)10-15-12/h9-10H,5-8H2,1-4H3. The molecule has 0 fully saturated rings. The molecule has 15 heavy (non-hydrogen) atoms. The first-order valence-electron chi connectivity index (χ1n) is 5.91. The van der Waals surface area contributed by atoms with Gasteiger partial charge < -0.3 is 0 Å². The second-order valence-electron chi connectivity index (χ2n) is 4.76. The molecule has 1 aromatic heterocycles. The van der Waals surface area contributed by atoms with Gasteiger partial charge in [-0.15, -0.1) is 0 Å². The summed E-state index contributed by atoms with van der Waals surface area (Å²) in [6.07, 6.45) is 8.55. The lowest BCUT2D eigenvalue weighted by Crippen LogP contribution is -2.20. The van der Waals surface area contributed by atoms with Crippen LogP contribution in [0.4, 0.5) is 0 Å². The molecule has 1 rings (SSSR count). The van der Waals surface area contributed by atoms with Crippen molar-refractivity contribution >= 4 is 0 Å². The highest BCUT2D eigenvalue weighted by atomic mass is 14.9. The van der Waals surface area contributed by atoms with Crippen molar-refractivity contribution in [2.45, 2.75) is 58.8 Å². The molecule has 0 radical (unpaired) electrons. The van der Waals surface area contributed by atoms with Crippen molar-refractivity contribution in [1.82, 2.24) is 9.97 Å². The van der Waals surface area contributed by atoms with Gasteiger partial charge in [-0.3, -0.25) is 0 Å². The van der Waals surface area contributed by atoms with E-state index < -0.39 is 0 Å². The first-order chi connectivity index (χ1) is 7.10. The molecule has 0 aliphatic rings. The van der Waals surface area contributed by atoms with Crippen LogP contribution in [0.3, 0.4) is 0 Å². The molecule has 1 heterocycles. The quantitative estimate of drug-likeness (QED) is 0.736. The fourth-order valence-corrected chi connectivity index (χ4v) is 1.62. The van der Waals surface area contributed by atoms with Gasteiger partial charge in [-0.05, 0) is 18.4 Å². The van der Waals surface area contributed by atoms with E-state index in [2.05, 4.69) is 37.7 Å². The van der Waals surface area contributed by atoms with Crippen LogP contribution < -0.4 is 0 Å². The Morgan fingerprint density at radius 2 is 1.73 bits per heavy atom. The van der Waals surface area contributed by atoms with Crippen molar-refractivity contribution in [1.29, 1.82) is 0 Å². The second-order valence-corrected chi connectivity index (χ2v) is 4.76. The Morgan fingerprint density at radius 3 is 2.20 bits per heavy atom. The van der Waals surface area contributed by atoms with E-state index in [0.717, 1.165) is 18.7 Å². The molecule has 0 unspecified atom stereocenters. The summed E-state index contributed by atoms with van der Waals surface area (Å²) in [6, 6.07) is 0. The predicted octanol–water partition coefficient (Wildman–Crippen LogP) is 3.51. The Kier molecular flexibility index (Phi) is 4.25. The van der Waals surface area contributed by atoms with Crippen LogP contribution in [0.25, 0.3) is 0 Å². The van der Waals surface area contributed by atoms with Crippen molar-refractivity contribution < 1.29 is 0 Å². The molecule has 0 aliphatic heterocycles. The zero-order chi connectivity index (χ0) is 11.3. The van der Waals surface area contributed by atoms with Crippen molar-refractivity contribution in [3.63, 3.8) is 0 Å². The number of hydrogen-bond acceptors (Lipinski definition) is 2. The molecule has 0 aliphatic carbocycles. The Balaban J connectivity index is 2.75. The SMILES string of the molecule is CCCCC(C)(C)c1ncc(CC)cn1. The average Bonchev–Trinajstić information content (AvgIpc) is 2.26. The van der Waals surface area contributed by atoms with Crippen molar-refractivity contribution in [3.05, 3.63) is 23.8 Å². The van der Waals surface area contributed by atoms with E-state index in [-0.39, 0.29) is 5.41 Å². The van der Waals surface area contributed by atoms with Crippen LogP contribution in [-0.4, -0.2) is 9.97 Å². The summed E-state index contributed by atoms with van der Waals surface area (Å²) in [5.74, 6) is 0.980. The second kappa shape index (κ2) is 5.24. The van der Waals surface area contributed by atoms with Crippen LogP contribution in [0.15, 0.2) is 12.4 Å². The summed E-state index contributed by atoms with van der Waals surface area (Å²) < 4.78 is 0. The number of aryl methyl sites for hydroxylation is 1. The maximum Gasteiger partial charge on any atom is 0.133 e. The molecule has 0 spiro atoms. The van der Waals surface area contributed by atoms with E-state index in [1.165, 1.54) is 18.4 Å². The van der Waals surface area contributed by atoms with E-state index in [4.69, 9.17) is 0 Å². The number of rotatable bonds is 5. The Labute approximate surface area is 93.2 Å². The molecule has 0 saturated heterocycles. The first-order valence-corrected chi connectivity index (χ1v) is 5.91. The minimum absolute atomic E-state index is 0.113. The summed E-state index contributed by atoms with van der Waals surface area (Å²) >= 11 is 0. The largest absolute Gasteiger partial charge is 0.241 e. The van der Waals surface area contributed by atoms with Gasteiger partial charge in [0, 0.05) is 17.8 Å². The van der Waals surface area contributed by atoms with Gasteiger partial charge in [0.25, 0.3) is 0 Å². The number of nitrogens with zero attached hydrogens (tertiary/aromatic N) is 2. The minimum atomic E-state index is 0.113. The summed E-state index contributed by atoms with van der Waals surface area (Å²) in [7, 11) is 0. The maximum absolute atomic E-state index is 4.46. The Bertz CT molecular complexity index is 288. The van der Waals surface area contributed by atoms with Gasteiger partial charge >= 0.3 is 0 Å². The summed E-state index contributed by atoms with van der Waals surface area (Å²) in [4.78, 5) is 8.93. The van der Waals surface area contributed by atoms with Crippen molar-refractivity contribution in [2.75, 3.05) is 0 Å². The van der Waals surface area contributed by atoms with Crippen molar-refractivity contribution in [3.8, 4) is 0 Å². The molecule has 0 N–H and O–H groups in total. The molecule has 84 valence electrons. The van der Waals surface area contributed by atoms with E-state index >= 15 is 0 Å². The van der Waals surface area contributed by atoms with Gasteiger partial charge in [-0.25, -0.2) is 9.97 Å². The molecular formula is C13H22N2. The lowest BCUT2D eigenvalue weighted by atomic mass is 9.86. The molecular weight excluding hydrogens is 184 g/mol.